The molecule has 4 amide bonds. The summed E-state index contributed by atoms with van der Waals surface area (Å²) in [5.74, 6) is -2.02. The predicted octanol–water partition coefficient (Wildman–Crippen LogP) is 2.26. The largest absolute Gasteiger partial charge is 0.490 e. The number of halogens is 1. The van der Waals surface area contributed by atoms with Crippen molar-refractivity contribution >= 4 is 45.6 Å². The highest BCUT2D eigenvalue weighted by molar-refractivity contribution is 7.87. The van der Waals surface area contributed by atoms with Crippen LogP contribution in [0.1, 0.15) is 12.5 Å². The molecule has 0 bridgehead atoms. The van der Waals surface area contributed by atoms with E-state index < -0.39 is 28.0 Å². The Bertz CT molecular complexity index is 1140. The van der Waals surface area contributed by atoms with E-state index in [1.54, 1.807) is 25.1 Å². The first-order valence-electron chi connectivity index (χ1n) is 8.55. The average molecular weight is 451 g/mol. The van der Waals surface area contributed by atoms with Crippen LogP contribution in [0.15, 0.2) is 52.9 Å². The second-order valence-electron chi connectivity index (χ2n) is 5.91. The SMILES string of the molecule is CCOc1cc(C=C2C(=O)NC(=O)NC2=O)cc(Cl)c1OS(=O)(=O)c1ccccc1. The van der Waals surface area contributed by atoms with Crippen molar-refractivity contribution in [1.82, 2.24) is 10.6 Å². The van der Waals surface area contributed by atoms with Crippen molar-refractivity contribution in [1.29, 1.82) is 0 Å². The molecule has 3 rings (SSSR count). The normalized spacial score (nSPS) is 14.1. The zero-order chi connectivity index (χ0) is 21.9. The van der Waals surface area contributed by atoms with Crippen molar-refractivity contribution < 1.29 is 31.7 Å². The molecule has 0 atom stereocenters. The minimum atomic E-state index is -4.19. The van der Waals surface area contributed by atoms with Crippen molar-refractivity contribution in [2.75, 3.05) is 6.61 Å². The van der Waals surface area contributed by atoms with E-state index >= 15 is 0 Å². The molecule has 1 heterocycles. The number of ether oxygens (including phenoxy) is 1. The Labute approximate surface area is 176 Å². The van der Waals surface area contributed by atoms with Gasteiger partial charge in [-0.2, -0.15) is 8.42 Å². The summed E-state index contributed by atoms with van der Waals surface area (Å²) in [5.41, 5.74) is -0.0822. The van der Waals surface area contributed by atoms with Gasteiger partial charge in [0.1, 0.15) is 10.5 Å². The summed E-state index contributed by atoms with van der Waals surface area (Å²) < 4.78 is 35.7. The molecule has 1 aliphatic rings. The summed E-state index contributed by atoms with van der Waals surface area (Å²) in [6.45, 7) is 1.83. The Morgan fingerprint density at radius 1 is 1.03 bits per heavy atom. The maximum Gasteiger partial charge on any atom is 0.339 e. The van der Waals surface area contributed by atoms with Gasteiger partial charge in [0.25, 0.3) is 11.8 Å². The third-order valence-corrected chi connectivity index (χ3v) is 5.33. The molecule has 30 heavy (non-hydrogen) atoms. The van der Waals surface area contributed by atoms with Crippen molar-refractivity contribution in [3.05, 3.63) is 58.6 Å². The lowest BCUT2D eigenvalue weighted by atomic mass is 10.1. The van der Waals surface area contributed by atoms with Gasteiger partial charge >= 0.3 is 16.1 Å². The van der Waals surface area contributed by atoms with Gasteiger partial charge in [-0.1, -0.05) is 29.8 Å². The van der Waals surface area contributed by atoms with Crippen LogP contribution in [0.2, 0.25) is 5.02 Å². The van der Waals surface area contributed by atoms with E-state index in [4.69, 9.17) is 20.5 Å². The van der Waals surface area contributed by atoms with Gasteiger partial charge in [-0.25, -0.2) is 4.79 Å². The highest BCUT2D eigenvalue weighted by Crippen LogP contribution is 2.39. The van der Waals surface area contributed by atoms with Gasteiger partial charge in [-0.3, -0.25) is 20.2 Å². The minimum absolute atomic E-state index is 0.0101. The number of benzene rings is 2. The van der Waals surface area contributed by atoms with Gasteiger partial charge in [-0.05, 0) is 42.8 Å². The Kier molecular flexibility index (Phi) is 6.09. The molecule has 0 unspecified atom stereocenters. The molecule has 156 valence electrons. The first kappa shape index (κ1) is 21.3. The molecule has 2 aromatic rings. The zero-order valence-corrected chi connectivity index (χ0v) is 17.0. The van der Waals surface area contributed by atoms with Crippen molar-refractivity contribution in [3.8, 4) is 11.5 Å². The van der Waals surface area contributed by atoms with E-state index in [0.29, 0.717) is 0 Å². The second-order valence-corrected chi connectivity index (χ2v) is 7.86. The van der Waals surface area contributed by atoms with Crippen molar-refractivity contribution in [2.24, 2.45) is 0 Å². The Morgan fingerprint density at radius 2 is 1.67 bits per heavy atom. The molecule has 0 aromatic heterocycles. The first-order chi connectivity index (χ1) is 14.2. The fourth-order valence-corrected chi connectivity index (χ4v) is 3.81. The minimum Gasteiger partial charge on any atom is -0.490 e. The topological polar surface area (TPSA) is 128 Å². The van der Waals surface area contributed by atoms with Crippen molar-refractivity contribution in [2.45, 2.75) is 11.8 Å². The van der Waals surface area contributed by atoms with Crippen LogP contribution in [0.3, 0.4) is 0 Å². The average Bonchev–Trinajstić information content (AvgIpc) is 2.68. The molecule has 0 radical (unpaired) electrons. The van der Waals surface area contributed by atoms with Crippen LogP contribution in [-0.4, -0.2) is 32.9 Å². The smallest absolute Gasteiger partial charge is 0.339 e. The monoisotopic (exact) mass is 450 g/mol. The number of amides is 4. The number of hydrogen-bond acceptors (Lipinski definition) is 7. The van der Waals surface area contributed by atoms with Crippen LogP contribution in [-0.2, 0) is 19.7 Å². The van der Waals surface area contributed by atoms with Crippen LogP contribution in [0.5, 0.6) is 11.5 Å². The summed E-state index contributed by atoms with van der Waals surface area (Å²) in [6, 6.07) is 9.20. The summed E-state index contributed by atoms with van der Waals surface area (Å²) in [4.78, 5) is 34.9. The number of carbonyl (C=O) groups excluding carboxylic acids is 3. The molecule has 9 nitrogen and oxygen atoms in total. The van der Waals surface area contributed by atoms with Crippen molar-refractivity contribution in [3.63, 3.8) is 0 Å². The molecule has 0 aliphatic carbocycles. The lowest BCUT2D eigenvalue weighted by Gasteiger charge is -2.16. The molecule has 11 heteroatoms. The van der Waals surface area contributed by atoms with Gasteiger partial charge in [0.15, 0.2) is 5.75 Å². The highest BCUT2D eigenvalue weighted by atomic mass is 35.5. The summed E-state index contributed by atoms with van der Waals surface area (Å²) in [6.07, 6.45) is 1.18. The maximum atomic E-state index is 12.5. The fourth-order valence-electron chi connectivity index (χ4n) is 2.53. The standard InChI is InChI=1S/C19H15ClN2O7S/c1-2-28-15-10-11(8-13-17(23)21-19(25)22-18(13)24)9-14(20)16(15)29-30(26,27)12-6-4-3-5-7-12/h3-10H,2H2,1H3,(H2,21,22,23,24,25). The third kappa shape index (κ3) is 4.61. The first-order valence-corrected chi connectivity index (χ1v) is 10.3. The zero-order valence-electron chi connectivity index (χ0n) is 15.5. The highest BCUT2D eigenvalue weighted by Gasteiger charge is 2.28. The number of imide groups is 2. The van der Waals surface area contributed by atoms with E-state index in [9.17, 15) is 22.8 Å². The van der Waals surface area contributed by atoms with E-state index in [-0.39, 0.29) is 39.2 Å². The number of barbiturate groups is 1. The number of urea groups is 1. The van der Waals surface area contributed by atoms with Gasteiger partial charge in [0, 0.05) is 0 Å². The van der Waals surface area contributed by atoms with Gasteiger partial charge < -0.3 is 8.92 Å². The van der Waals surface area contributed by atoms with E-state index in [0.717, 1.165) is 0 Å². The summed E-state index contributed by atoms with van der Waals surface area (Å²) >= 11 is 6.22. The molecular formula is C19H15ClN2O7S. The van der Waals surface area contributed by atoms with E-state index in [1.807, 2.05) is 10.6 Å². The van der Waals surface area contributed by atoms with Crippen LogP contribution < -0.4 is 19.6 Å². The van der Waals surface area contributed by atoms with Gasteiger partial charge in [0.05, 0.1) is 11.6 Å². The van der Waals surface area contributed by atoms with Crippen LogP contribution >= 0.6 is 11.6 Å². The molecule has 1 fully saturated rings. The van der Waals surface area contributed by atoms with E-state index in [1.165, 1.54) is 30.3 Å². The molecule has 0 saturated carbocycles. The van der Waals surface area contributed by atoms with Gasteiger partial charge in [-0.15, -0.1) is 0 Å². The molecule has 1 aliphatic heterocycles. The number of rotatable bonds is 6. The number of carbonyl (C=O) groups is 3. The van der Waals surface area contributed by atoms with E-state index in [2.05, 4.69) is 0 Å². The third-order valence-electron chi connectivity index (χ3n) is 3.81. The molecule has 1 saturated heterocycles. The predicted molar refractivity (Wildman–Crippen MR) is 107 cm³/mol. The quantitative estimate of drug-likeness (QED) is 0.392. The Balaban J connectivity index is 2.01. The van der Waals surface area contributed by atoms with Crippen LogP contribution in [0, 0.1) is 0 Å². The molecule has 2 N–H and O–H groups in total. The van der Waals surface area contributed by atoms with Crippen LogP contribution in [0.25, 0.3) is 6.08 Å². The van der Waals surface area contributed by atoms with Gasteiger partial charge in [0.2, 0.25) is 5.75 Å². The molecule has 0 spiro atoms. The number of hydrogen-bond donors (Lipinski definition) is 2. The molecular weight excluding hydrogens is 436 g/mol. The Morgan fingerprint density at radius 3 is 2.27 bits per heavy atom. The molecule has 2 aromatic carbocycles. The second kappa shape index (κ2) is 8.56. The Hall–Kier alpha value is -3.37. The maximum absolute atomic E-state index is 12.5. The summed E-state index contributed by atoms with van der Waals surface area (Å²) in [5, 5.41) is 3.77. The summed E-state index contributed by atoms with van der Waals surface area (Å²) in [7, 11) is -4.19. The fraction of sp³-hybridized carbons (Fsp3) is 0.105. The lowest BCUT2D eigenvalue weighted by molar-refractivity contribution is -0.123. The lowest BCUT2D eigenvalue weighted by Crippen LogP contribution is -2.51. The number of nitrogens with one attached hydrogen (secondary N) is 2. The van der Waals surface area contributed by atoms with Crippen LogP contribution in [0.4, 0.5) is 4.79 Å².